The van der Waals surface area contributed by atoms with Crippen LogP contribution in [0.15, 0.2) is 87.5 Å². The molecule has 7 rings (SSSR count). The third-order valence-electron chi connectivity index (χ3n) is 12.9. The maximum Gasteiger partial charge on any atom is 0.416 e. The molecule has 0 aliphatic heterocycles. The Bertz CT molecular complexity index is 3380. The fourth-order valence-electron chi connectivity index (χ4n) is 9.47. The first-order valence-corrected chi connectivity index (χ1v) is 25.8. The minimum absolute atomic E-state index is 0.461. The van der Waals surface area contributed by atoms with Gasteiger partial charge in [-0.05, 0) is 36.4 Å². The average Bonchev–Trinajstić information content (AvgIpc) is 0.669. The topological polar surface area (TPSA) is 55.4 Å². The number of ether oxygens (including phenoxy) is 6. The molecule has 0 heterocycles. The number of halogens is 28. The smallest absolute Gasteiger partial charge is 0.416 e. The lowest BCUT2D eigenvalue weighted by atomic mass is 9.11. The summed E-state index contributed by atoms with van der Waals surface area (Å²) in [6, 6.07) is 24.3. The van der Waals surface area contributed by atoms with Crippen molar-refractivity contribution in [3.8, 4) is 17.2 Å². The summed E-state index contributed by atoms with van der Waals surface area (Å²) in [6.07, 6.45) is -39.5. The third-order valence-corrected chi connectivity index (χ3v) is 15.3. The molecule has 0 spiro atoms. The van der Waals surface area contributed by atoms with Crippen LogP contribution in [0.4, 0.5) is 123 Å². The molecule has 0 unspecified atom stereocenters. The quantitative estimate of drug-likeness (QED) is 0.0201. The second-order valence-electron chi connectivity index (χ2n) is 18.2. The SMILES string of the molecule is COCCOc1ccccc1[S+](c1ccccc1OCCOC)c1ccccc1OCCOC.Fc1c(F)c(F)c(C(F)(F)F)c([B-](c2c(F)c(F)c(F)c(F)c2C(F)(F)F)(c2c(F)c(F)c(F)c(F)c2C(F)(F)F)c2c(F)c(F)c(F)c(F)c2C(F)(F)F)c1F. The van der Waals surface area contributed by atoms with Crippen molar-refractivity contribution < 1.29 is 151 Å². The Kier molecular flexibility index (Phi) is 22.3. The summed E-state index contributed by atoms with van der Waals surface area (Å²) in [4.78, 5) is 3.14. The molecule has 91 heavy (non-hydrogen) atoms. The van der Waals surface area contributed by atoms with Crippen LogP contribution in [-0.4, -0.2) is 67.1 Å². The van der Waals surface area contributed by atoms with Gasteiger partial charge in [0.1, 0.15) is 60.1 Å². The van der Waals surface area contributed by atoms with Crippen LogP contribution in [0.5, 0.6) is 17.2 Å². The molecule has 0 atom stereocenters. The van der Waals surface area contributed by atoms with Gasteiger partial charge in [0.25, 0.3) is 0 Å². The van der Waals surface area contributed by atoms with Crippen LogP contribution in [-0.2, 0) is 49.8 Å². The summed E-state index contributed by atoms with van der Waals surface area (Å²) < 4.78 is 451. The summed E-state index contributed by atoms with van der Waals surface area (Å²) in [6.45, 7) is 2.91. The van der Waals surface area contributed by atoms with Gasteiger partial charge in [-0.2, -0.15) is 52.7 Å². The van der Waals surface area contributed by atoms with Crippen LogP contribution in [0.1, 0.15) is 22.3 Å². The minimum atomic E-state index is -8.89. The Labute approximate surface area is 495 Å². The molecule has 0 amide bonds. The first kappa shape index (κ1) is 72.3. The minimum Gasteiger partial charge on any atom is -0.486 e. The highest BCUT2D eigenvalue weighted by Crippen LogP contribution is 2.46. The van der Waals surface area contributed by atoms with Crippen LogP contribution >= 0.6 is 0 Å². The van der Waals surface area contributed by atoms with Crippen molar-refractivity contribution in [2.45, 2.75) is 39.4 Å². The molecule has 0 saturated heterocycles. The number of hydrogen-bond donors (Lipinski definition) is 0. The summed E-state index contributed by atoms with van der Waals surface area (Å²) in [7, 11) is 4.44. The Morgan fingerprint density at radius 2 is 0.462 bits per heavy atom. The monoisotopic (exact) mass is 1360 g/mol. The van der Waals surface area contributed by atoms with Gasteiger partial charge >= 0.3 is 24.7 Å². The van der Waals surface area contributed by atoms with Gasteiger partial charge in [-0.15, -0.1) is 21.9 Å². The predicted molar refractivity (Wildman–Crippen MR) is 263 cm³/mol. The fourth-order valence-corrected chi connectivity index (χ4v) is 11.8. The molecule has 7 aromatic carbocycles. The van der Waals surface area contributed by atoms with E-state index in [1.54, 1.807) is 21.3 Å². The molecule has 0 saturated carbocycles. The van der Waals surface area contributed by atoms with Crippen LogP contribution in [0, 0.1) is 93.1 Å². The van der Waals surface area contributed by atoms with E-state index in [4.69, 9.17) is 28.4 Å². The molecular formula is C55H33BF28O6S. The lowest BCUT2D eigenvalue weighted by molar-refractivity contribution is -0.140. The van der Waals surface area contributed by atoms with Crippen molar-refractivity contribution in [2.24, 2.45) is 0 Å². The van der Waals surface area contributed by atoms with Crippen molar-refractivity contribution in [1.29, 1.82) is 0 Å². The Balaban J connectivity index is 0.000000329. The van der Waals surface area contributed by atoms with E-state index in [2.05, 4.69) is 18.2 Å². The molecule has 0 aromatic heterocycles. The van der Waals surface area contributed by atoms with E-state index in [0.29, 0.717) is 39.6 Å². The lowest BCUT2D eigenvalue weighted by Gasteiger charge is -2.49. The lowest BCUT2D eigenvalue weighted by Crippen LogP contribution is -2.82. The number of rotatable bonds is 19. The second-order valence-corrected chi connectivity index (χ2v) is 20.1. The van der Waals surface area contributed by atoms with Crippen molar-refractivity contribution in [2.75, 3.05) is 61.0 Å². The Hall–Kier alpha value is -7.73. The highest BCUT2D eigenvalue weighted by Gasteiger charge is 2.60. The Morgan fingerprint density at radius 1 is 0.275 bits per heavy atom. The van der Waals surface area contributed by atoms with E-state index in [1.165, 1.54) is 0 Å². The van der Waals surface area contributed by atoms with Gasteiger partial charge in [-0.1, -0.05) is 36.4 Å². The molecule has 0 bridgehead atoms. The van der Waals surface area contributed by atoms with Crippen LogP contribution in [0.2, 0.25) is 0 Å². The number of hydrogen-bond acceptors (Lipinski definition) is 6. The first-order chi connectivity index (χ1) is 42.3. The predicted octanol–water partition coefficient (Wildman–Crippen LogP) is 14.2. The van der Waals surface area contributed by atoms with Crippen LogP contribution < -0.4 is 36.1 Å². The largest absolute Gasteiger partial charge is 0.486 e. The molecule has 7 aromatic rings. The second kappa shape index (κ2) is 28.0. The maximum absolute atomic E-state index is 16.0. The zero-order valence-electron chi connectivity index (χ0n) is 45.2. The Morgan fingerprint density at radius 3 is 0.648 bits per heavy atom. The molecule has 0 fully saturated rings. The van der Waals surface area contributed by atoms with Crippen molar-refractivity contribution in [3.05, 3.63) is 188 Å². The highest BCUT2D eigenvalue weighted by molar-refractivity contribution is 7.97. The summed E-state index contributed by atoms with van der Waals surface area (Å²) in [5.74, 6) is -67.4. The summed E-state index contributed by atoms with van der Waals surface area (Å²) in [5.41, 5.74) is -38.1. The zero-order valence-corrected chi connectivity index (χ0v) is 46.0. The first-order valence-electron chi connectivity index (χ1n) is 24.6. The van der Waals surface area contributed by atoms with E-state index in [1.807, 2.05) is 54.6 Å². The highest BCUT2D eigenvalue weighted by atomic mass is 32.2. The maximum atomic E-state index is 16.0. The number of methoxy groups -OCH3 is 3. The molecule has 36 heteroatoms. The van der Waals surface area contributed by atoms with Gasteiger partial charge in [-0.3, -0.25) is 0 Å². The molecular weight excluding hydrogens is 1330 g/mol. The number of para-hydroxylation sites is 3. The van der Waals surface area contributed by atoms with Gasteiger partial charge in [0, 0.05) is 21.3 Å². The van der Waals surface area contributed by atoms with E-state index in [9.17, 15) is 87.8 Å². The average molecular weight is 1360 g/mol. The molecule has 0 N–H and O–H groups in total. The van der Waals surface area contributed by atoms with Crippen molar-refractivity contribution in [3.63, 3.8) is 0 Å². The van der Waals surface area contributed by atoms with E-state index >= 15 is 35.1 Å². The normalized spacial score (nSPS) is 12.4. The molecule has 0 aliphatic rings. The van der Waals surface area contributed by atoms with E-state index in [0.717, 1.165) is 31.9 Å². The van der Waals surface area contributed by atoms with Crippen molar-refractivity contribution in [1.82, 2.24) is 0 Å². The molecule has 6 nitrogen and oxygen atoms in total. The van der Waals surface area contributed by atoms with Gasteiger partial charge < -0.3 is 28.4 Å². The van der Waals surface area contributed by atoms with Gasteiger partial charge in [0.05, 0.1) is 42.1 Å². The van der Waals surface area contributed by atoms with Gasteiger partial charge in [0.2, 0.25) is 14.7 Å². The van der Waals surface area contributed by atoms with E-state index in [-0.39, 0.29) is 0 Å². The molecule has 0 radical (unpaired) electrons. The summed E-state index contributed by atoms with van der Waals surface area (Å²) in [5, 5.41) is 0. The number of alkyl halides is 12. The third kappa shape index (κ3) is 13.8. The van der Waals surface area contributed by atoms with Crippen LogP contribution in [0.25, 0.3) is 0 Å². The summed E-state index contributed by atoms with van der Waals surface area (Å²) >= 11 is 0. The number of benzene rings is 7. The standard InChI is InChI=1S/C28BF28.C27H33O6S/c30-9-1(25(46,47)48)5(13(34)21(42)17(9)38)29(6-2(26(49,50)51)10(31)18(39)22(43)14(6)35,7-3(27(52,53)54)11(32)19(40)23(44)15(7)36)8-4(28(55,56)57)12(33)20(41)24(45)16(8)37;1-28-16-19-31-22-10-4-7-13-25(22)34(26-14-8-5-11-23(26)32-20-17-29-2)27-15-9-6-12-24(27)33-21-18-30-3/h;4-15H,16-21H2,1-3H3/q-1;+1. The fraction of sp³-hybridized carbons (Fsp3) is 0.236. The van der Waals surface area contributed by atoms with Crippen molar-refractivity contribution >= 4 is 38.9 Å². The zero-order chi connectivity index (χ0) is 68.4. The molecule has 494 valence electrons. The van der Waals surface area contributed by atoms with E-state index < -0.39 is 179 Å². The van der Waals surface area contributed by atoms with Gasteiger partial charge in [0.15, 0.2) is 87.1 Å². The van der Waals surface area contributed by atoms with Gasteiger partial charge in [-0.25, -0.2) is 70.2 Å². The van der Waals surface area contributed by atoms with Crippen LogP contribution in [0.3, 0.4) is 0 Å². The molecule has 0 aliphatic carbocycles.